The summed E-state index contributed by atoms with van der Waals surface area (Å²) in [6, 6.07) is 1.98. The van der Waals surface area contributed by atoms with Crippen molar-refractivity contribution < 1.29 is 18.4 Å². The molecule has 1 rings (SSSR count). The standard InChI is InChI=1S/C10H10F2N2O2/c1-5(15)4-8(16)14-10-7(13)3-2-6(11)9(10)12/h2-3H,4,13H2,1H3,(H,14,16). The van der Waals surface area contributed by atoms with Gasteiger partial charge in [0, 0.05) is 0 Å². The predicted molar refractivity (Wildman–Crippen MR) is 54.7 cm³/mol. The Hall–Kier alpha value is -1.98. The van der Waals surface area contributed by atoms with Crippen LogP contribution in [0.15, 0.2) is 12.1 Å². The zero-order chi connectivity index (χ0) is 12.3. The van der Waals surface area contributed by atoms with E-state index in [2.05, 4.69) is 5.32 Å². The van der Waals surface area contributed by atoms with Gasteiger partial charge in [-0.2, -0.15) is 0 Å². The van der Waals surface area contributed by atoms with Gasteiger partial charge in [-0.05, 0) is 19.1 Å². The average Bonchev–Trinajstić information content (AvgIpc) is 2.17. The minimum Gasteiger partial charge on any atom is -0.397 e. The number of carbonyl (C=O) groups is 2. The maximum atomic E-state index is 13.2. The largest absolute Gasteiger partial charge is 0.397 e. The van der Waals surface area contributed by atoms with Crippen molar-refractivity contribution in [2.75, 3.05) is 11.1 Å². The summed E-state index contributed by atoms with van der Waals surface area (Å²) in [4.78, 5) is 21.8. The van der Waals surface area contributed by atoms with Crippen molar-refractivity contribution in [3.8, 4) is 0 Å². The molecule has 0 saturated heterocycles. The van der Waals surface area contributed by atoms with Crippen LogP contribution < -0.4 is 11.1 Å². The van der Waals surface area contributed by atoms with Crippen LogP contribution in [0.5, 0.6) is 0 Å². The lowest BCUT2D eigenvalue weighted by Crippen LogP contribution is -2.17. The number of anilines is 2. The summed E-state index contributed by atoms with van der Waals surface area (Å²) >= 11 is 0. The number of benzene rings is 1. The lowest BCUT2D eigenvalue weighted by molar-refractivity contribution is -0.124. The van der Waals surface area contributed by atoms with E-state index in [1.54, 1.807) is 0 Å². The first-order valence-electron chi connectivity index (χ1n) is 4.44. The molecule has 1 aromatic carbocycles. The summed E-state index contributed by atoms with van der Waals surface area (Å²) in [5, 5.41) is 2.05. The van der Waals surface area contributed by atoms with Crippen molar-refractivity contribution in [2.24, 2.45) is 0 Å². The van der Waals surface area contributed by atoms with Gasteiger partial charge in [0.15, 0.2) is 11.6 Å². The fourth-order valence-corrected chi connectivity index (χ4v) is 1.10. The quantitative estimate of drug-likeness (QED) is 0.607. The number of ketones is 1. The van der Waals surface area contributed by atoms with Crippen LogP contribution in [-0.4, -0.2) is 11.7 Å². The van der Waals surface area contributed by atoms with Gasteiger partial charge in [-0.3, -0.25) is 9.59 Å². The highest BCUT2D eigenvalue weighted by molar-refractivity contribution is 6.04. The van der Waals surface area contributed by atoms with Crippen LogP contribution in [0.2, 0.25) is 0 Å². The van der Waals surface area contributed by atoms with Crippen LogP contribution >= 0.6 is 0 Å². The molecule has 1 amide bonds. The third-order valence-electron chi connectivity index (χ3n) is 1.80. The van der Waals surface area contributed by atoms with Gasteiger partial charge in [0.25, 0.3) is 0 Å². The minimum atomic E-state index is -1.24. The molecule has 0 aliphatic heterocycles. The highest BCUT2D eigenvalue weighted by Crippen LogP contribution is 2.24. The molecule has 0 spiro atoms. The number of rotatable bonds is 3. The summed E-state index contributed by atoms with van der Waals surface area (Å²) < 4.78 is 26.0. The second kappa shape index (κ2) is 4.69. The fourth-order valence-electron chi connectivity index (χ4n) is 1.10. The molecule has 0 atom stereocenters. The number of halogens is 2. The van der Waals surface area contributed by atoms with E-state index in [0.717, 1.165) is 12.1 Å². The molecule has 0 unspecified atom stereocenters. The number of carbonyl (C=O) groups excluding carboxylic acids is 2. The number of nitrogens with two attached hydrogens (primary N) is 1. The lowest BCUT2D eigenvalue weighted by atomic mass is 10.2. The fraction of sp³-hybridized carbons (Fsp3) is 0.200. The Morgan fingerprint density at radius 1 is 1.38 bits per heavy atom. The van der Waals surface area contributed by atoms with E-state index in [4.69, 9.17) is 5.73 Å². The smallest absolute Gasteiger partial charge is 0.231 e. The molecule has 0 aliphatic rings. The summed E-state index contributed by atoms with van der Waals surface area (Å²) in [7, 11) is 0. The van der Waals surface area contributed by atoms with Crippen molar-refractivity contribution in [1.29, 1.82) is 0 Å². The van der Waals surface area contributed by atoms with Gasteiger partial charge < -0.3 is 11.1 Å². The Bertz CT molecular complexity index is 447. The van der Waals surface area contributed by atoms with E-state index in [-0.39, 0.29) is 11.5 Å². The number of amides is 1. The SMILES string of the molecule is CC(=O)CC(=O)Nc1c(N)ccc(F)c1F. The van der Waals surface area contributed by atoms with Crippen molar-refractivity contribution in [3.05, 3.63) is 23.8 Å². The van der Waals surface area contributed by atoms with Crippen molar-refractivity contribution >= 4 is 23.1 Å². The first-order valence-corrected chi connectivity index (χ1v) is 4.44. The second-order valence-corrected chi connectivity index (χ2v) is 3.25. The normalized spacial score (nSPS) is 9.94. The zero-order valence-electron chi connectivity index (χ0n) is 8.51. The van der Waals surface area contributed by atoms with Crippen molar-refractivity contribution in [3.63, 3.8) is 0 Å². The molecule has 3 N–H and O–H groups in total. The number of Topliss-reactive ketones (excluding diaryl/α,β-unsaturated/α-hetero) is 1. The Morgan fingerprint density at radius 2 is 2.00 bits per heavy atom. The number of nitrogen functional groups attached to an aromatic ring is 1. The molecule has 86 valence electrons. The van der Waals surface area contributed by atoms with E-state index in [9.17, 15) is 18.4 Å². The van der Waals surface area contributed by atoms with E-state index in [0.29, 0.717) is 0 Å². The first-order chi connectivity index (χ1) is 7.41. The summed E-state index contributed by atoms with van der Waals surface area (Å²) in [5.41, 5.74) is 4.82. The van der Waals surface area contributed by atoms with E-state index in [1.165, 1.54) is 6.92 Å². The molecule has 0 heterocycles. The Kier molecular flexibility index (Phi) is 3.55. The van der Waals surface area contributed by atoms with Gasteiger partial charge in [0.2, 0.25) is 5.91 Å². The van der Waals surface area contributed by atoms with Crippen LogP contribution in [0.25, 0.3) is 0 Å². The zero-order valence-corrected chi connectivity index (χ0v) is 8.51. The third kappa shape index (κ3) is 2.75. The van der Waals surface area contributed by atoms with Gasteiger partial charge >= 0.3 is 0 Å². The minimum absolute atomic E-state index is 0.101. The highest BCUT2D eigenvalue weighted by atomic mass is 19.2. The molecule has 16 heavy (non-hydrogen) atoms. The third-order valence-corrected chi connectivity index (χ3v) is 1.80. The lowest BCUT2D eigenvalue weighted by Gasteiger charge is -2.08. The Labute approximate surface area is 90.4 Å². The van der Waals surface area contributed by atoms with E-state index < -0.39 is 29.6 Å². The molecular weight excluding hydrogens is 218 g/mol. The van der Waals surface area contributed by atoms with Crippen LogP contribution in [-0.2, 0) is 9.59 Å². The van der Waals surface area contributed by atoms with Crippen LogP contribution in [0.1, 0.15) is 13.3 Å². The summed E-state index contributed by atoms with van der Waals surface area (Å²) in [5.74, 6) is -3.47. The van der Waals surface area contributed by atoms with Gasteiger partial charge in [-0.1, -0.05) is 0 Å². The second-order valence-electron chi connectivity index (χ2n) is 3.25. The van der Waals surface area contributed by atoms with Crippen LogP contribution in [0, 0.1) is 11.6 Å². The van der Waals surface area contributed by atoms with Gasteiger partial charge in [0.05, 0.1) is 12.1 Å². The van der Waals surface area contributed by atoms with Crippen molar-refractivity contribution in [2.45, 2.75) is 13.3 Å². The number of hydrogen-bond donors (Lipinski definition) is 2. The maximum Gasteiger partial charge on any atom is 0.231 e. The Balaban J connectivity index is 2.93. The maximum absolute atomic E-state index is 13.2. The van der Waals surface area contributed by atoms with Gasteiger partial charge in [0.1, 0.15) is 11.5 Å². The molecule has 0 bridgehead atoms. The molecule has 0 radical (unpaired) electrons. The average molecular weight is 228 g/mol. The molecule has 6 heteroatoms. The van der Waals surface area contributed by atoms with Crippen LogP contribution in [0.4, 0.5) is 20.2 Å². The molecule has 0 aromatic heterocycles. The molecule has 0 fully saturated rings. The predicted octanol–water partition coefficient (Wildman–Crippen LogP) is 1.46. The van der Waals surface area contributed by atoms with Crippen LogP contribution in [0.3, 0.4) is 0 Å². The summed E-state index contributed by atoms with van der Waals surface area (Å²) in [6.45, 7) is 1.21. The molecule has 0 saturated carbocycles. The first kappa shape index (κ1) is 12.1. The topological polar surface area (TPSA) is 72.2 Å². The molecule has 4 nitrogen and oxygen atoms in total. The summed E-state index contributed by atoms with van der Waals surface area (Å²) in [6.07, 6.45) is -0.407. The van der Waals surface area contributed by atoms with E-state index >= 15 is 0 Å². The molecular formula is C10H10F2N2O2. The highest BCUT2D eigenvalue weighted by Gasteiger charge is 2.15. The van der Waals surface area contributed by atoms with Gasteiger partial charge in [-0.25, -0.2) is 8.78 Å². The molecule has 1 aromatic rings. The number of nitrogens with one attached hydrogen (secondary N) is 1. The monoisotopic (exact) mass is 228 g/mol. The van der Waals surface area contributed by atoms with E-state index in [1.807, 2.05) is 0 Å². The van der Waals surface area contributed by atoms with Crippen molar-refractivity contribution in [1.82, 2.24) is 0 Å². The number of hydrogen-bond acceptors (Lipinski definition) is 3. The van der Waals surface area contributed by atoms with Gasteiger partial charge in [-0.15, -0.1) is 0 Å². The Morgan fingerprint density at radius 3 is 2.56 bits per heavy atom. The molecule has 0 aliphatic carbocycles.